The van der Waals surface area contributed by atoms with Crippen LogP contribution in [0.2, 0.25) is 0 Å². The number of likely N-dealkylation sites (N-methyl/N-ethyl adjacent to an activating group) is 1. The van der Waals surface area contributed by atoms with E-state index in [-0.39, 0.29) is 17.8 Å². The first-order chi connectivity index (χ1) is 8.75. The van der Waals surface area contributed by atoms with Gasteiger partial charge in [0.05, 0.1) is 12.3 Å². The first-order valence-electron chi connectivity index (χ1n) is 6.38. The van der Waals surface area contributed by atoms with Gasteiger partial charge >= 0.3 is 0 Å². The van der Waals surface area contributed by atoms with Crippen LogP contribution in [-0.2, 0) is 10.0 Å². The Bertz CT molecular complexity index is 424. The number of sulfonamides is 1. The molecule has 19 heavy (non-hydrogen) atoms. The number of amidine groups is 1. The first-order valence-corrected chi connectivity index (χ1v) is 8.23. The van der Waals surface area contributed by atoms with Crippen LogP contribution in [0.5, 0.6) is 0 Å². The van der Waals surface area contributed by atoms with E-state index in [0.717, 1.165) is 19.4 Å². The Morgan fingerprint density at radius 1 is 1.63 bits per heavy atom. The van der Waals surface area contributed by atoms with Crippen molar-refractivity contribution in [2.45, 2.75) is 25.8 Å². The number of rotatable bonds is 5. The Hall–Kier alpha value is -0.860. The minimum atomic E-state index is -3.11. The second kappa shape index (κ2) is 6.53. The summed E-state index contributed by atoms with van der Waals surface area (Å²) in [6, 6.07) is -0.168. The third-order valence-corrected chi connectivity index (χ3v) is 4.97. The molecule has 0 amide bonds. The van der Waals surface area contributed by atoms with Gasteiger partial charge in [0.1, 0.15) is 0 Å². The molecule has 1 saturated heterocycles. The van der Waals surface area contributed by atoms with Gasteiger partial charge in [-0.3, -0.25) is 4.90 Å². The molecule has 112 valence electrons. The van der Waals surface area contributed by atoms with Crippen molar-refractivity contribution in [1.29, 1.82) is 0 Å². The maximum atomic E-state index is 11.5. The van der Waals surface area contributed by atoms with E-state index >= 15 is 0 Å². The number of hydrogen-bond donors (Lipinski definition) is 2. The first kappa shape index (κ1) is 16.2. The molecule has 0 aromatic heterocycles. The molecular formula is C11H24N4O3S. The summed E-state index contributed by atoms with van der Waals surface area (Å²) in [7, 11) is -1.22. The quantitative estimate of drug-likeness (QED) is 0.314. The van der Waals surface area contributed by atoms with E-state index in [0.29, 0.717) is 13.1 Å². The molecule has 1 aliphatic rings. The van der Waals surface area contributed by atoms with Crippen molar-refractivity contribution in [3.63, 3.8) is 0 Å². The van der Waals surface area contributed by atoms with Gasteiger partial charge in [-0.2, -0.15) is 0 Å². The number of oxime groups is 1. The average molecular weight is 292 g/mol. The van der Waals surface area contributed by atoms with E-state index < -0.39 is 10.0 Å². The molecule has 0 saturated carbocycles. The predicted octanol–water partition coefficient (Wildman–Crippen LogP) is -0.275. The van der Waals surface area contributed by atoms with E-state index in [4.69, 9.17) is 10.9 Å². The molecule has 0 aliphatic carbocycles. The van der Waals surface area contributed by atoms with Gasteiger partial charge in [-0.05, 0) is 32.7 Å². The van der Waals surface area contributed by atoms with Crippen LogP contribution >= 0.6 is 0 Å². The fourth-order valence-electron chi connectivity index (χ4n) is 2.35. The summed E-state index contributed by atoms with van der Waals surface area (Å²) in [6.07, 6.45) is 3.13. The Balaban J connectivity index is 2.58. The number of nitrogens with zero attached hydrogens (tertiary/aromatic N) is 3. The van der Waals surface area contributed by atoms with Gasteiger partial charge in [-0.25, -0.2) is 12.7 Å². The maximum absolute atomic E-state index is 11.5. The Morgan fingerprint density at radius 2 is 2.26 bits per heavy atom. The summed E-state index contributed by atoms with van der Waals surface area (Å²) in [4.78, 5) is 1.98. The van der Waals surface area contributed by atoms with E-state index in [9.17, 15) is 8.42 Å². The molecule has 0 radical (unpaired) electrons. The second-order valence-corrected chi connectivity index (χ2v) is 7.25. The van der Waals surface area contributed by atoms with Gasteiger partial charge in [0.25, 0.3) is 0 Å². The van der Waals surface area contributed by atoms with Crippen LogP contribution in [0.1, 0.15) is 19.8 Å². The van der Waals surface area contributed by atoms with Crippen LogP contribution in [0.4, 0.5) is 0 Å². The minimum absolute atomic E-state index is 0.165. The van der Waals surface area contributed by atoms with Crippen molar-refractivity contribution < 1.29 is 13.6 Å². The lowest BCUT2D eigenvalue weighted by atomic mass is 9.98. The zero-order valence-corrected chi connectivity index (χ0v) is 12.6. The molecule has 1 heterocycles. The molecular weight excluding hydrogens is 268 g/mol. The molecule has 0 aromatic carbocycles. The van der Waals surface area contributed by atoms with E-state index in [1.54, 1.807) is 0 Å². The molecule has 2 unspecified atom stereocenters. The molecule has 1 fully saturated rings. The predicted molar refractivity (Wildman–Crippen MR) is 74.6 cm³/mol. The minimum Gasteiger partial charge on any atom is -0.409 e. The highest BCUT2D eigenvalue weighted by Gasteiger charge is 2.27. The van der Waals surface area contributed by atoms with Gasteiger partial charge in [0.2, 0.25) is 10.0 Å². The van der Waals surface area contributed by atoms with Crippen molar-refractivity contribution in [3.8, 4) is 0 Å². The lowest BCUT2D eigenvalue weighted by Gasteiger charge is -2.34. The zero-order valence-electron chi connectivity index (χ0n) is 11.8. The van der Waals surface area contributed by atoms with Crippen molar-refractivity contribution in [3.05, 3.63) is 0 Å². The number of nitrogens with two attached hydrogens (primary N) is 1. The largest absolute Gasteiger partial charge is 0.409 e. The molecule has 7 nitrogen and oxygen atoms in total. The second-order valence-electron chi connectivity index (χ2n) is 5.27. The SMILES string of the molecule is CC(C(N)=NO)N(C)CC1CCCN(S(C)(=O)=O)C1. The monoisotopic (exact) mass is 292 g/mol. The number of hydrogen-bond acceptors (Lipinski definition) is 5. The Kier molecular flexibility index (Phi) is 5.57. The van der Waals surface area contributed by atoms with E-state index in [1.807, 2.05) is 18.9 Å². The summed E-state index contributed by atoms with van der Waals surface area (Å²) in [5.41, 5.74) is 5.57. The molecule has 3 N–H and O–H groups in total. The van der Waals surface area contributed by atoms with Crippen LogP contribution in [0.25, 0.3) is 0 Å². The van der Waals surface area contributed by atoms with Crippen LogP contribution < -0.4 is 5.73 Å². The summed E-state index contributed by atoms with van der Waals surface area (Å²) in [5, 5.41) is 11.7. The van der Waals surface area contributed by atoms with Gasteiger partial charge in [-0.1, -0.05) is 5.16 Å². The summed E-state index contributed by atoms with van der Waals surface area (Å²) >= 11 is 0. The Morgan fingerprint density at radius 3 is 2.79 bits per heavy atom. The topological polar surface area (TPSA) is 99.2 Å². The third-order valence-electron chi connectivity index (χ3n) is 3.70. The van der Waals surface area contributed by atoms with Crippen molar-refractivity contribution in [1.82, 2.24) is 9.21 Å². The van der Waals surface area contributed by atoms with Crippen molar-refractivity contribution in [2.75, 3.05) is 32.9 Å². The van der Waals surface area contributed by atoms with Gasteiger partial charge < -0.3 is 10.9 Å². The molecule has 1 rings (SSSR count). The lowest BCUT2D eigenvalue weighted by Crippen LogP contribution is -2.47. The van der Waals surface area contributed by atoms with E-state index in [1.165, 1.54) is 10.6 Å². The zero-order chi connectivity index (χ0) is 14.6. The van der Waals surface area contributed by atoms with Gasteiger partial charge in [-0.15, -0.1) is 0 Å². The van der Waals surface area contributed by atoms with E-state index in [2.05, 4.69) is 5.16 Å². The van der Waals surface area contributed by atoms with Crippen molar-refractivity contribution >= 4 is 15.9 Å². The van der Waals surface area contributed by atoms with Crippen LogP contribution in [0.3, 0.4) is 0 Å². The van der Waals surface area contributed by atoms with Gasteiger partial charge in [0.15, 0.2) is 5.84 Å². The number of piperidine rings is 1. The van der Waals surface area contributed by atoms with Crippen LogP contribution in [0.15, 0.2) is 5.16 Å². The summed E-state index contributed by atoms with van der Waals surface area (Å²) in [6.45, 7) is 3.73. The molecule has 0 aromatic rings. The van der Waals surface area contributed by atoms with Crippen molar-refractivity contribution in [2.24, 2.45) is 16.8 Å². The molecule has 0 bridgehead atoms. The fraction of sp³-hybridized carbons (Fsp3) is 0.909. The highest BCUT2D eigenvalue weighted by molar-refractivity contribution is 7.88. The molecule has 1 aliphatic heterocycles. The maximum Gasteiger partial charge on any atom is 0.211 e. The average Bonchev–Trinajstić information content (AvgIpc) is 2.36. The lowest BCUT2D eigenvalue weighted by molar-refractivity contribution is 0.189. The summed E-state index contributed by atoms with van der Waals surface area (Å²) < 4.78 is 24.6. The molecule has 2 atom stereocenters. The molecule has 8 heteroatoms. The third kappa shape index (κ3) is 4.63. The standard InChI is InChI=1S/C11H24N4O3S/c1-9(11(12)13-16)14(2)7-10-5-4-6-15(8-10)19(3,17)18/h9-10,16H,4-8H2,1-3H3,(H2,12,13). The fourth-order valence-corrected chi connectivity index (χ4v) is 3.29. The molecule has 0 spiro atoms. The highest BCUT2D eigenvalue weighted by atomic mass is 32.2. The normalized spacial score (nSPS) is 24.6. The van der Waals surface area contributed by atoms with Crippen LogP contribution in [0, 0.1) is 5.92 Å². The Labute approximate surface area is 115 Å². The van der Waals surface area contributed by atoms with Crippen LogP contribution in [-0.4, -0.2) is 67.6 Å². The van der Waals surface area contributed by atoms with Gasteiger partial charge in [0, 0.05) is 19.6 Å². The highest BCUT2D eigenvalue weighted by Crippen LogP contribution is 2.19. The smallest absolute Gasteiger partial charge is 0.211 e. The summed E-state index contributed by atoms with van der Waals surface area (Å²) in [5.74, 6) is 0.445.